The summed E-state index contributed by atoms with van der Waals surface area (Å²) in [6.07, 6.45) is 1.97. The molecule has 0 unspecified atom stereocenters. The second-order valence-corrected chi connectivity index (χ2v) is 6.81. The summed E-state index contributed by atoms with van der Waals surface area (Å²) < 4.78 is 5.11. The number of nitrogens with zero attached hydrogens (tertiary/aromatic N) is 3. The quantitative estimate of drug-likeness (QED) is 0.836. The number of likely N-dealkylation sites (N-methyl/N-ethyl adjacent to an activating group) is 1. The second kappa shape index (κ2) is 8.43. The van der Waals surface area contributed by atoms with Crippen LogP contribution in [0.1, 0.15) is 17.0 Å². The lowest BCUT2D eigenvalue weighted by atomic mass is 9.95. The van der Waals surface area contributed by atoms with Gasteiger partial charge in [-0.25, -0.2) is 4.98 Å². The lowest BCUT2D eigenvalue weighted by molar-refractivity contribution is 0.206. The van der Waals surface area contributed by atoms with Gasteiger partial charge in [0, 0.05) is 58.5 Å². The van der Waals surface area contributed by atoms with Crippen molar-refractivity contribution in [2.45, 2.75) is 18.5 Å². The van der Waals surface area contributed by atoms with Gasteiger partial charge in [-0.2, -0.15) is 0 Å². The molecule has 0 aliphatic carbocycles. The van der Waals surface area contributed by atoms with Gasteiger partial charge in [-0.05, 0) is 17.2 Å². The second-order valence-electron chi connectivity index (χ2n) is 6.81. The first-order valence-corrected chi connectivity index (χ1v) is 8.85. The van der Waals surface area contributed by atoms with Crippen LogP contribution in [0.5, 0.6) is 0 Å². The summed E-state index contributed by atoms with van der Waals surface area (Å²) in [6.45, 7) is 4.36. The van der Waals surface area contributed by atoms with Crippen molar-refractivity contribution in [2.75, 3.05) is 45.3 Å². The molecule has 1 fully saturated rings. The molecule has 2 heterocycles. The maximum Gasteiger partial charge on any atom is 0.128 e. The standard InChI is InChI=1S/C20H28N4O/c1-23(10-11-25-2)20-9-8-16(12-22-20)13-24-14-18(19(21)15-24)17-6-4-3-5-7-17/h3-9,12,18-19H,10-11,13-15,21H2,1-2H3/t18-,19+/m0/s1. The molecular formula is C20H28N4O. The molecule has 1 saturated heterocycles. The Bertz CT molecular complexity index is 647. The fourth-order valence-corrected chi connectivity index (χ4v) is 3.43. The Balaban J connectivity index is 1.58. The van der Waals surface area contributed by atoms with E-state index in [9.17, 15) is 0 Å². The predicted octanol–water partition coefficient (Wildman–Crippen LogP) is 2.09. The van der Waals surface area contributed by atoms with Gasteiger partial charge in [0.05, 0.1) is 6.61 Å². The summed E-state index contributed by atoms with van der Waals surface area (Å²) >= 11 is 0. The SMILES string of the molecule is COCCN(C)c1ccc(CN2C[C@@H](N)[C@H](c3ccccc3)C2)cn1. The number of ether oxygens (including phenoxy) is 1. The zero-order valence-corrected chi connectivity index (χ0v) is 15.1. The van der Waals surface area contributed by atoms with Gasteiger partial charge in [0.25, 0.3) is 0 Å². The van der Waals surface area contributed by atoms with Gasteiger partial charge in [0.1, 0.15) is 5.82 Å². The number of likely N-dealkylation sites (tertiary alicyclic amines) is 1. The largest absolute Gasteiger partial charge is 0.383 e. The number of methoxy groups -OCH3 is 1. The van der Waals surface area contributed by atoms with Crippen LogP contribution in [-0.2, 0) is 11.3 Å². The molecule has 2 N–H and O–H groups in total. The molecule has 1 aromatic heterocycles. The van der Waals surface area contributed by atoms with Gasteiger partial charge in [-0.3, -0.25) is 4.90 Å². The highest BCUT2D eigenvalue weighted by molar-refractivity contribution is 5.38. The Morgan fingerprint density at radius 3 is 2.68 bits per heavy atom. The number of nitrogens with two attached hydrogens (primary N) is 1. The molecule has 2 atom stereocenters. The number of pyridine rings is 1. The average Bonchev–Trinajstić information content (AvgIpc) is 3.01. The van der Waals surface area contributed by atoms with Crippen molar-refractivity contribution in [1.82, 2.24) is 9.88 Å². The van der Waals surface area contributed by atoms with Crippen LogP contribution in [0.3, 0.4) is 0 Å². The molecule has 0 bridgehead atoms. The summed E-state index contributed by atoms with van der Waals surface area (Å²) in [5, 5.41) is 0. The molecule has 1 aliphatic rings. The Morgan fingerprint density at radius 2 is 2.00 bits per heavy atom. The Kier molecular flexibility index (Phi) is 6.02. The van der Waals surface area contributed by atoms with E-state index in [1.54, 1.807) is 7.11 Å². The van der Waals surface area contributed by atoms with Crippen molar-refractivity contribution in [2.24, 2.45) is 5.73 Å². The molecule has 0 spiro atoms. The third-order valence-corrected chi connectivity index (χ3v) is 4.91. The van der Waals surface area contributed by atoms with Gasteiger partial charge >= 0.3 is 0 Å². The molecule has 5 nitrogen and oxygen atoms in total. The van der Waals surface area contributed by atoms with Crippen LogP contribution in [-0.4, -0.2) is 56.3 Å². The van der Waals surface area contributed by atoms with Crippen LogP contribution in [0.4, 0.5) is 5.82 Å². The number of anilines is 1. The Hall–Kier alpha value is -1.95. The minimum absolute atomic E-state index is 0.190. The summed E-state index contributed by atoms with van der Waals surface area (Å²) in [4.78, 5) is 9.11. The maximum absolute atomic E-state index is 6.39. The Morgan fingerprint density at radius 1 is 1.20 bits per heavy atom. The van der Waals surface area contributed by atoms with E-state index in [0.717, 1.165) is 32.0 Å². The first kappa shape index (κ1) is 17.9. The highest BCUT2D eigenvalue weighted by atomic mass is 16.5. The van der Waals surface area contributed by atoms with E-state index in [-0.39, 0.29) is 6.04 Å². The summed E-state index contributed by atoms with van der Waals surface area (Å²) in [7, 11) is 3.75. The highest BCUT2D eigenvalue weighted by Crippen LogP contribution is 2.27. The van der Waals surface area contributed by atoms with Crippen molar-refractivity contribution in [3.05, 3.63) is 59.8 Å². The molecule has 2 aromatic rings. The third kappa shape index (κ3) is 4.57. The van der Waals surface area contributed by atoms with Crippen molar-refractivity contribution in [3.63, 3.8) is 0 Å². The van der Waals surface area contributed by atoms with Gasteiger partial charge in [-0.15, -0.1) is 0 Å². The molecule has 5 heteroatoms. The van der Waals surface area contributed by atoms with E-state index < -0.39 is 0 Å². The van der Waals surface area contributed by atoms with Gasteiger partial charge < -0.3 is 15.4 Å². The molecule has 0 radical (unpaired) electrons. The minimum atomic E-state index is 0.190. The van der Waals surface area contributed by atoms with Gasteiger partial charge in [0.15, 0.2) is 0 Å². The van der Waals surface area contributed by atoms with E-state index in [4.69, 9.17) is 10.5 Å². The van der Waals surface area contributed by atoms with E-state index in [2.05, 4.69) is 57.2 Å². The summed E-state index contributed by atoms with van der Waals surface area (Å²) in [5.74, 6) is 1.38. The summed E-state index contributed by atoms with van der Waals surface area (Å²) in [6, 6.07) is 15.0. The minimum Gasteiger partial charge on any atom is -0.383 e. The van der Waals surface area contributed by atoms with Crippen LogP contribution < -0.4 is 10.6 Å². The van der Waals surface area contributed by atoms with Gasteiger partial charge in [-0.1, -0.05) is 36.4 Å². The van der Waals surface area contributed by atoms with Crippen LogP contribution in [0.25, 0.3) is 0 Å². The molecule has 1 aromatic carbocycles. The smallest absolute Gasteiger partial charge is 0.128 e. The van der Waals surface area contributed by atoms with E-state index in [1.165, 1.54) is 11.1 Å². The molecule has 3 rings (SSSR count). The molecule has 25 heavy (non-hydrogen) atoms. The topological polar surface area (TPSA) is 54.6 Å². The van der Waals surface area contributed by atoms with Crippen molar-refractivity contribution < 1.29 is 4.74 Å². The Labute approximate surface area is 150 Å². The summed E-state index contributed by atoms with van der Waals surface area (Å²) in [5.41, 5.74) is 8.95. The predicted molar refractivity (Wildman–Crippen MR) is 102 cm³/mol. The third-order valence-electron chi connectivity index (χ3n) is 4.91. The molecular weight excluding hydrogens is 312 g/mol. The maximum atomic E-state index is 6.39. The number of rotatable bonds is 7. The molecule has 1 aliphatic heterocycles. The van der Waals surface area contributed by atoms with Crippen LogP contribution in [0.2, 0.25) is 0 Å². The number of hydrogen-bond acceptors (Lipinski definition) is 5. The van der Waals surface area contributed by atoms with Crippen molar-refractivity contribution >= 4 is 5.82 Å². The zero-order chi connectivity index (χ0) is 17.6. The van der Waals surface area contributed by atoms with Gasteiger partial charge in [0.2, 0.25) is 0 Å². The molecule has 0 saturated carbocycles. The van der Waals surface area contributed by atoms with Crippen LogP contribution in [0.15, 0.2) is 48.7 Å². The fraction of sp³-hybridized carbons (Fsp3) is 0.450. The van der Waals surface area contributed by atoms with Crippen LogP contribution in [0, 0.1) is 0 Å². The average molecular weight is 340 g/mol. The number of aromatic nitrogens is 1. The van der Waals surface area contributed by atoms with E-state index in [1.807, 2.05) is 13.2 Å². The van der Waals surface area contributed by atoms with Crippen LogP contribution >= 0.6 is 0 Å². The first-order chi connectivity index (χ1) is 12.2. The lowest BCUT2D eigenvalue weighted by Gasteiger charge is -2.19. The monoisotopic (exact) mass is 340 g/mol. The first-order valence-electron chi connectivity index (χ1n) is 8.85. The molecule has 0 amide bonds. The fourth-order valence-electron chi connectivity index (χ4n) is 3.43. The highest BCUT2D eigenvalue weighted by Gasteiger charge is 2.30. The lowest BCUT2D eigenvalue weighted by Crippen LogP contribution is -2.28. The number of hydrogen-bond donors (Lipinski definition) is 1. The van der Waals surface area contributed by atoms with Crippen molar-refractivity contribution in [1.29, 1.82) is 0 Å². The molecule has 134 valence electrons. The number of benzene rings is 1. The normalized spacial score (nSPS) is 20.8. The van der Waals surface area contributed by atoms with Crippen molar-refractivity contribution in [3.8, 4) is 0 Å². The zero-order valence-electron chi connectivity index (χ0n) is 15.1. The van der Waals surface area contributed by atoms with E-state index >= 15 is 0 Å². The van der Waals surface area contributed by atoms with E-state index in [0.29, 0.717) is 12.5 Å².